The van der Waals surface area contributed by atoms with Crippen LogP contribution in [0.25, 0.3) is 0 Å². The maximum Gasteiger partial charge on any atom is 0.317 e. The van der Waals surface area contributed by atoms with E-state index in [0.717, 1.165) is 0 Å². The van der Waals surface area contributed by atoms with Gasteiger partial charge in [-0.2, -0.15) is 0 Å². The van der Waals surface area contributed by atoms with Crippen LogP contribution in [-0.4, -0.2) is 41.1 Å². The van der Waals surface area contributed by atoms with E-state index in [1.165, 1.54) is 0 Å². The van der Waals surface area contributed by atoms with E-state index < -0.39 is 5.97 Å². The van der Waals surface area contributed by atoms with E-state index in [-0.39, 0.29) is 24.5 Å². The van der Waals surface area contributed by atoms with Crippen LogP contribution in [0, 0.1) is 5.92 Å². The van der Waals surface area contributed by atoms with Crippen molar-refractivity contribution in [1.29, 1.82) is 0 Å². The third-order valence-electron chi connectivity index (χ3n) is 3.14. The number of nitrogens with zero attached hydrogens (tertiary/aromatic N) is 1. The van der Waals surface area contributed by atoms with Crippen molar-refractivity contribution in [3.63, 3.8) is 0 Å². The molecule has 5 nitrogen and oxygen atoms in total. The summed E-state index contributed by atoms with van der Waals surface area (Å²) in [6, 6.07) is -0.390. The summed E-state index contributed by atoms with van der Waals surface area (Å²) in [4.78, 5) is 24.1. The molecule has 0 aliphatic carbocycles. The fourth-order valence-corrected chi connectivity index (χ4v) is 1.42. The van der Waals surface area contributed by atoms with E-state index in [1.54, 1.807) is 11.9 Å². The van der Waals surface area contributed by atoms with Gasteiger partial charge in [0.05, 0.1) is 6.42 Å². The van der Waals surface area contributed by atoms with Gasteiger partial charge in [-0.25, -0.2) is 4.79 Å². The van der Waals surface area contributed by atoms with Gasteiger partial charge in [0, 0.05) is 19.1 Å². The molecule has 0 aliphatic rings. The highest BCUT2D eigenvalue weighted by Gasteiger charge is 2.21. The Morgan fingerprint density at radius 2 is 1.82 bits per heavy atom. The molecule has 0 heterocycles. The number of hydrogen-bond acceptors (Lipinski definition) is 2. The van der Waals surface area contributed by atoms with E-state index >= 15 is 0 Å². The monoisotopic (exact) mass is 244 g/mol. The number of nitrogens with one attached hydrogen (secondary N) is 1. The third-order valence-corrected chi connectivity index (χ3v) is 3.14. The van der Waals surface area contributed by atoms with E-state index in [4.69, 9.17) is 5.11 Å². The molecule has 0 spiro atoms. The first-order valence-electron chi connectivity index (χ1n) is 6.04. The molecule has 5 heteroatoms. The number of urea groups is 1. The van der Waals surface area contributed by atoms with Crippen molar-refractivity contribution in [3.8, 4) is 0 Å². The predicted octanol–water partition coefficient (Wildman–Crippen LogP) is 1.93. The Morgan fingerprint density at radius 1 is 1.29 bits per heavy atom. The molecule has 2 atom stereocenters. The molecule has 0 fully saturated rings. The average molecular weight is 244 g/mol. The van der Waals surface area contributed by atoms with Crippen molar-refractivity contribution in [3.05, 3.63) is 0 Å². The van der Waals surface area contributed by atoms with Crippen LogP contribution < -0.4 is 5.32 Å². The van der Waals surface area contributed by atoms with Crippen molar-refractivity contribution >= 4 is 12.0 Å². The van der Waals surface area contributed by atoms with Gasteiger partial charge in [0.25, 0.3) is 0 Å². The van der Waals surface area contributed by atoms with Gasteiger partial charge in [0.2, 0.25) is 0 Å². The molecule has 100 valence electrons. The Balaban J connectivity index is 4.35. The number of carbonyl (C=O) groups is 2. The van der Waals surface area contributed by atoms with Gasteiger partial charge >= 0.3 is 12.0 Å². The second-order valence-corrected chi connectivity index (χ2v) is 4.75. The fraction of sp³-hybridized carbons (Fsp3) is 0.833. The number of aliphatic carboxylic acids is 1. The smallest absolute Gasteiger partial charge is 0.317 e. The molecule has 2 unspecified atom stereocenters. The second kappa shape index (κ2) is 7.14. The van der Waals surface area contributed by atoms with Gasteiger partial charge in [-0.1, -0.05) is 20.8 Å². The molecule has 0 saturated carbocycles. The lowest BCUT2D eigenvalue weighted by Crippen LogP contribution is -2.48. The molecular weight excluding hydrogens is 220 g/mol. The lowest BCUT2D eigenvalue weighted by atomic mass is 10.1. The molecule has 2 amide bonds. The summed E-state index contributed by atoms with van der Waals surface area (Å²) in [7, 11) is 1.73. The van der Waals surface area contributed by atoms with Gasteiger partial charge in [-0.3, -0.25) is 4.79 Å². The van der Waals surface area contributed by atoms with E-state index in [1.807, 2.05) is 27.7 Å². The number of hydrogen-bond donors (Lipinski definition) is 2. The molecule has 0 radical (unpaired) electrons. The minimum Gasteiger partial charge on any atom is -0.481 e. The van der Waals surface area contributed by atoms with Gasteiger partial charge < -0.3 is 15.3 Å². The number of rotatable bonds is 6. The lowest BCUT2D eigenvalue weighted by Gasteiger charge is -2.29. The van der Waals surface area contributed by atoms with Gasteiger partial charge in [-0.05, 0) is 19.3 Å². The van der Waals surface area contributed by atoms with Crippen molar-refractivity contribution in [2.24, 2.45) is 5.92 Å². The number of carboxylic acids is 1. The highest BCUT2D eigenvalue weighted by molar-refractivity contribution is 5.76. The van der Waals surface area contributed by atoms with Gasteiger partial charge in [-0.15, -0.1) is 0 Å². The first-order valence-corrected chi connectivity index (χ1v) is 6.04. The van der Waals surface area contributed by atoms with Crippen LogP contribution >= 0.6 is 0 Å². The van der Waals surface area contributed by atoms with Crippen molar-refractivity contribution < 1.29 is 14.7 Å². The van der Waals surface area contributed by atoms with Crippen molar-refractivity contribution in [2.45, 2.75) is 52.6 Å². The Labute approximate surface area is 103 Å². The number of amides is 2. The van der Waals surface area contributed by atoms with Crippen LogP contribution in [0.15, 0.2) is 0 Å². The first-order chi connectivity index (χ1) is 7.79. The summed E-state index contributed by atoms with van der Waals surface area (Å²) < 4.78 is 0. The molecule has 0 aliphatic heterocycles. The van der Waals surface area contributed by atoms with E-state index in [2.05, 4.69) is 5.32 Å². The van der Waals surface area contributed by atoms with Crippen LogP contribution in [0.1, 0.15) is 40.5 Å². The Kier molecular flexibility index (Phi) is 6.61. The largest absolute Gasteiger partial charge is 0.481 e. The Morgan fingerprint density at radius 3 is 2.18 bits per heavy atom. The quantitative estimate of drug-likeness (QED) is 0.750. The van der Waals surface area contributed by atoms with Crippen LogP contribution in [-0.2, 0) is 4.79 Å². The minimum absolute atomic E-state index is 0.0356. The standard InChI is InChI=1S/C12H24N2O3/c1-6-10(7-11(15)16)13-12(17)14(5)9(4)8(2)3/h8-10H,6-7H2,1-5H3,(H,13,17)(H,15,16). The maximum absolute atomic E-state index is 11.9. The van der Waals surface area contributed by atoms with Crippen molar-refractivity contribution in [2.75, 3.05) is 7.05 Å². The molecular formula is C12H24N2O3. The Bertz CT molecular complexity index is 266. The minimum atomic E-state index is -0.892. The third kappa shape index (κ3) is 5.56. The van der Waals surface area contributed by atoms with Gasteiger partial charge in [0.1, 0.15) is 0 Å². The summed E-state index contributed by atoms with van der Waals surface area (Å²) in [6.07, 6.45) is 0.577. The highest BCUT2D eigenvalue weighted by Crippen LogP contribution is 2.09. The highest BCUT2D eigenvalue weighted by atomic mass is 16.4. The van der Waals surface area contributed by atoms with Crippen LogP contribution in [0.5, 0.6) is 0 Å². The molecule has 0 saturated heterocycles. The molecule has 0 aromatic heterocycles. The topological polar surface area (TPSA) is 69.6 Å². The number of carbonyl (C=O) groups excluding carboxylic acids is 1. The first kappa shape index (κ1) is 15.7. The van der Waals surface area contributed by atoms with E-state index in [0.29, 0.717) is 12.3 Å². The summed E-state index contributed by atoms with van der Waals surface area (Å²) >= 11 is 0. The molecule has 0 bridgehead atoms. The lowest BCUT2D eigenvalue weighted by molar-refractivity contribution is -0.137. The van der Waals surface area contributed by atoms with Crippen LogP contribution in [0.3, 0.4) is 0 Å². The van der Waals surface area contributed by atoms with Crippen molar-refractivity contribution in [1.82, 2.24) is 10.2 Å². The normalized spacial score (nSPS) is 14.2. The predicted molar refractivity (Wildman–Crippen MR) is 66.9 cm³/mol. The molecule has 2 N–H and O–H groups in total. The SMILES string of the molecule is CCC(CC(=O)O)NC(=O)N(C)C(C)C(C)C. The average Bonchev–Trinajstić information content (AvgIpc) is 2.24. The zero-order chi connectivity index (χ0) is 13.6. The van der Waals surface area contributed by atoms with Crippen LogP contribution in [0.4, 0.5) is 4.79 Å². The summed E-state index contributed by atoms with van der Waals surface area (Å²) in [5, 5.41) is 11.4. The zero-order valence-electron chi connectivity index (χ0n) is 11.4. The van der Waals surface area contributed by atoms with Crippen LogP contribution in [0.2, 0.25) is 0 Å². The molecule has 0 aromatic carbocycles. The second-order valence-electron chi connectivity index (χ2n) is 4.75. The Hall–Kier alpha value is -1.26. The fourth-order valence-electron chi connectivity index (χ4n) is 1.42. The molecule has 0 aromatic rings. The summed E-state index contributed by atoms with van der Waals surface area (Å²) in [5.41, 5.74) is 0. The number of carboxylic acid groups (broad SMARTS) is 1. The van der Waals surface area contributed by atoms with Gasteiger partial charge in [0.15, 0.2) is 0 Å². The zero-order valence-corrected chi connectivity index (χ0v) is 11.4. The summed E-state index contributed by atoms with van der Waals surface area (Å²) in [6.45, 7) is 7.92. The summed E-state index contributed by atoms with van der Waals surface area (Å²) in [5.74, 6) is -0.526. The maximum atomic E-state index is 11.9. The molecule has 17 heavy (non-hydrogen) atoms. The van der Waals surface area contributed by atoms with E-state index in [9.17, 15) is 9.59 Å². The molecule has 0 rings (SSSR count).